The van der Waals surface area contributed by atoms with E-state index in [1.807, 2.05) is 26.8 Å². The summed E-state index contributed by atoms with van der Waals surface area (Å²) in [7, 11) is 0. The van der Waals surface area contributed by atoms with Crippen LogP contribution >= 0.6 is 0 Å². The fourth-order valence-electron chi connectivity index (χ4n) is 2.12. The minimum absolute atomic E-state index is 0.119. The van der Waals surface area contributed by atoms with Crippen molar-refractivity contribution in [2.24, 2.45) is 0 Å². The molecule has 0 aliphatic heterocycles. The highest BCUT2D eigenvalue weighted by Gasteiger charge is 2.23. The van der Waals surface area contributed by atoms with Gasteiger partial charge in [-0.05, 0) is 45.4 Å². The molecule has 0 aliphatic rings. The Kier molecular flexibility index (Phi) is 5.00. The molecule has 0 saturated carbocycles. The summed E-state index contributed by atoms with van der Waals surface area (Å²) >= 11 is 0. The number of pyridine rings is 1. The Morgan fingerprint density at radius 3 is 2.61 bits per heavy atom. The van der Waals surface area contributed by atoms with Crippen molar-refractivity contribution in [2.45, 2.75) is 39.7 Å². The van der Waals surface area contributed by atoms with Crippen molar-refractivity contribution < 1.29 is 9.90 Å². The molecular weight excluding hydrogens is 294 g/mol. The third-order valence-electron chi connectivity index (χ3n) is 3.78. The number of hydrogen-bond donors (Lipinski definition) is 3. The van der Waals surface area contributed by atoms with Gasteiger partial charge in [-0.2, -0.15) is 5.10 Å². The lowest BCUT2D eigenvalue weighted by Crippen LogP contribution is -2.50. The minimum atomic E-state index is -0.638. The zero-order valence-electron chi connectivity index (χ0n) is 13.9. The molecule has 0 radical (unpaired) electrons. The SMILES string of the molecule is CCC(C)(CO)NC(=O)Nc1ccc(-n2nc(C)cc2C)nc1. The number of carbonyl (C=O) groups is 1. The van der Waals surface area contributed by atoms with Gasteiger partial charge in [-0.1, -0.05) is 6.92 Å². The number of aryl methyl sites for hydroxylation is 2. The molecule has 2 amide bonds. The number of aliphatic hydroxyl groups is 1. The van der Waals surface area contributed by atoms with Gasteiger partial charge in [0.2, 0.25) is 0 Å². The first-order valence-corrected chi connectivity index (χ1v) is 7.56. The molecule has 0 saturated heterocycles. The highest BCUT2D eigenvalue weighted by molar-refractivity contribution is 5.89. The fourth-order valence-corrected chi connectivity index (χ4v) is 2.12. The topological polar surface area (TPSA) is 92.1 Å². The third kappa shape index (κ3) is 4.07. The minimum Gasteiger partial charge on any atom is -0.394 e. The van der Waals surface area contributed by atoms with Gasteiger partial charge in [-0.25, -0.2) is 14.5 Å². The molecule has 2 aromatic rings. The third-order valence-corrected chi connectivity index (χ3v) is 3.78. The van der Waals surface area contributed by atoms with E-state index in [-0.39, 0.29) is 12.6 Å². The summed E-state index contributed by atoms with van der Waals surface area (Å²) < 4.78 is 1.75. The van der Waals surface area contributed by atoms with Crippen molar-refractivity contribution in [1.82, 2.24) is 20.1 Å². The van der Waals surface area contributed by atoms with Crippen LogP contribution in [-0.4, -0.2) is 38.0 Å². The second-order valence-corrected chi connectivity index (χ2v) is 5.90. The average Bonchev–Trinajstić information content (AvgIpc) is 2.86. The van der Waals surface area contributed by atoms with Crippen molar-refractivity contribution in [3.05, 3.63) is 35.8 Å². The van der Waals surface area contributed by atoms with Crippen LogP contribution in [0.5, 0.6) is 0 Å². The van der Waals surface area contributed by atoms with E-state index >= 15 is 0 Å². The fraction of sp³-hybridized carbons (Fsp3) is 0.438. The first-order valence-electron chi connectivity index (χ1n) is 7.56. The highest BCUT2D eigenvalue weighted by atomic mass is 16.3. The van der Waals surface area contributed by atoms with Gasteiger partial charge in [0, 0.05) is 5.69 Å². The van der Waals surface area contributed by atoms with Gasteiger partial charge in [0.15, 0.2) is 5.82 Å². The average molecular weight is 317 g/mol. The number of nitrogens with zero attached hydrogens (tertiary/aromatic N) is 3. The van der Waals surface area contributed by atoms with Crippen LogP contribution in [0.1, 0.15) is 31.7 Å². The highest BCUT2D eigenvalue weighted by Crippen LogP contribution is 2.13. The van der Waals surface area contributed by atoms with E-state index in [9.17, 15) is 9.90 Å². The largest absolute Gasteiger partial charge is 0.394 e. The molecule has 2 heterocycles. The maximum absolute atomic E-state index is 12.0. The van der Waals surface area contributed by atoms with Crippen LogP contribution in [0.15, 0.2) is 24.4 Å². The molecule has 23 heavy (non-hydrogen) atoms. The molecule has 7 heteroatoms. The van der Waals surface area contributed by atoms with Crippen LogP contribution < -0.4 is 10.6 Å². The van der Waals surface area contributed by atoms with E-state index in [0.717, 1.165) is 11.4 Å². The lowest BCUT2D eigenvalue weighted by atomic mass is 10.0. The molecule has 7 nitrogen and oxygen atoms in total. The number of aromatic nitrogens is 3. The number of urea groups is 1. The lowest BCUT2D eigenvalue weighted by Gasteiger charge is -2.27. The van der Waals surface area contributed by atoms with Crippen LogP contribution in [-0.2, 0) is 0 Å². The number of rotatable bonds is 5. The van der Waals surface area contributed by atoms with E-state index in [1.54, 1.807) is 29.9 Å². The van der Waals surface area contributed by atoms with Crippen LogP contribution in [0.25, 0.3) is 5.82 Å². The van der Waals surface area contributed by atoms with Gasteiger partial charge >= 0.3 is 6.03 Å². The number of amides is 2. The van der Waals surface area contributed by atoms with Crippen molar-refractivity contribution in [3.63, 3.8) is 0 Å². The molecule has 2 aromatic heterocycles. The van der Waals surface area contributed by atoms with Crippen molar-refractivity contribution in [3.8, 4) is 5.82 Å². The smallest absolute Gasteiger partial charge is 0.319 e. The van der Waals surface area contributed by atoms with Gasteiger partial charge < -0.3 is 15.7 Å². The molecule has 0 aliphatic carbocycles. The first kappa shape index (κ1) is 17.0. The Morgan fingerprint density at radius 1 is 1.39 bits per heavy atom. The summed E-state index contributed by atoms with van der Waals surface area (Å²) in [6, 6.07) is 5.16. The Bertz CT molecular complexity index is 674. The number of hydrogen-bond acceptors (Lipinski definition) is 4. The number of anilines is 1. The van der Waals surface area contributed by atoms with Crippen LogP contribution in [0.2, 0.25) is 0 Å². The Hall–Kier alpha value is -2.41. The van der Waals surface area contributed by atoms with Gasteiger partial charge in [0.1, 0.15) is 0 Å². The van der Waals surface area contributed by atoms with E-state index in [1.165, 1.54) is 0 Å². The normalized spacial score (nSPS) is 13.4. The van der Waals surface area contributed by atoms with Gasteiger partial charge in [-0.3, -0.25) is 0 Å². The second-order valence-electron chi connectivity index (χ2n) is 5.90. The van der Waals surface area contributed by atoms with Crippen molar-refractivity contribution in [2.75, 3.05) is 11.9 Å². The summed E-state index contributed by atoms with van der Waals surface area (Å²) in [5, 5.41) is 19.2. The molecule has 3 N–H and O–H groups in total. The van der Waals surface area contributed by atoms with Gasteiger partial charge in [-0.15, -0.1) is 0 Å². The molecule has 0 spiro atoms. The Labute approximate surface area is 135 Å². The maximum atomic E-state index is 12.0. The lowest BCUT2D eigenvalue weighted by molar-refractivity contribution is 0.172. The number of aliphatic hydroxyl groups excluding tert-OH is 1. The monoisotopic (exact) mass is 317 g/mol. The first-order chi connectivity index (χ1) is 10.9. The Morgan fingerprint density at radius 2 is 2.13 bits per heavy atom. The molecule has 0 aromatic carbocycles. The van der Waals surface area contributed by atoms with Crippen LogP contribution in [0.4, 0.5) is 10.5 Å². The van der Waals surface area contributed by atoms with Crippen molar-refractivity contribution in [1.29, 1.82) is 0 Å². The van der Waals surface area contributed by atoms with Gasteiger partial charge in [0.25, 0.3) is 0 Å². The summed E-state index contributed by atoms with van der Waals surface area (Å²) in [6.07, 6.45) is 2.21. The molecule has 124 valence electrons. The molecule has 1 atom stereocenters. The predicted octanol–water partition coefficient (Wildman–Crippen LogP) is 2.17. The Balaban J connectivity index is 2.06. The zero-order valence-corrected chi connectivity index (χ0v) is 13.9. The second kappa shape index (κ2) is 6.78. The maximum Gasteiger partial charge on any atom is 0.319 e. The molecular formula is C16H23N5O2. The summed E-state index contributed by atoms with van der Waals surface area (Å²) in [4.78, 5) is 16.3. The van der Waals surface area contributed by atoms with Crippen molar-refractivity contribution >= 4 is 11.7 Å². The quantitative estimate of drug-likeness (QED) is 0.788. The summed E-state index contributed by atoms with van der Waals surface area (Å²) in [5.74, 6) is 0.690. The van der Waals surface area contributed by atoms with Crippen LogP contribution in [0.3, 0.4) is 0 Å². The van der Waals surface area contributed by atoms with Gasteiger partial charge in [0.05, 0.1) is 29.7 Å². The van der Waals surface area contributed by atoms with Crippen LogP contribution in [0, 0.1) is 13.8 Å². The number of carbonyl (C=O) groups excluding carboxylic acids is 1. The van der Waals surface area contributed by atoms with E-state index < -0.39 is 5.54 Å². The zero-order chi connectivity index (χ0) is 17.0. The van der Waals surface area contributed by atoms with E-state index in [4.69, 9.17) is 0 Å². The predicted molar refractivity (Wildman–Crippen MR) is 88.8 cm³/mol. The molecule has 0 fully saturated rings. The molecule has 2 rings (SSSR count). The van der Waals surface area contributed by atoms with E-state index in [0.29, 0.717) is 17.9 Å². The van der Waals surface area contributed by atoms with E-state index in [2.05, 4.69) is 20.7 Å². The summed E-state index contributed by atoms with van der Waals surface area (Å²) in [6.45, 7) is 7.46. The number of nitrogens with one attached hydrogen (secondary N) is 2. The summed E-state index contributed by atoms with van der Waals surface area (Å²) in [5.41, 5.74) is 1.86. The molecule has 0 bridgehead atoms. The standard InChI is InChI=1S/C16H23N5O2/c1-5-16(4,10-22)19-15(23)18-13-6-7-14(17-9-13)21-12(3)8-11(2)20-21/h6-9,22H,5,10H2,1-4H3,(H2,18,19,23). The molecule has 1 unspecified atom stereocenters.